The minimum atomic E-state index is -0.868. The molecule has 20 heavy (non-hydrogen) atoms. The number of anilines is 1. The molecular weight excluding hydrogens is 287 g/mol. The first-order chi connectivity index (χ1) is 9.45. The second kappa shape index (κ2) is 5.50. The minimum absolute atomic E-state index is 0.102. The predicted molar refractivity (Wildman–Crippen MR) is 72.1 cm³/mol. The van der Waals surface area contributed by atoms with E-state index in [0.717, 1.165) is 18.6 Å². The summed E-state index contributed by atoms with van der Waals surface area (Å²) in [5.41, 5.74) is -0.236. The van der Waals surface area contributed by atoms with Gasteiger partial charge in [-0.25, -0.2) is 14.1 Å². The molecule has 1 aromatic rings. The third-order valence-corrected chi connectivity index (χ3v) is 3.08. The van der Waals surface area contributed by atoms with E-state index in [1.165, 1.54) is 0 Å². The first kappa shape index (κ1) is 14.3. The molecule has 0 spiro atoms. The van der Waals surface area contributed by atoms with Crippen molar-refractivity contribution < 1.29 is 19.1 Å². The van der Waals surface area contributed by atoms with Crippen LogP contribution in [0.5, 0.6) is 5.75 Å². The average molecular weight is 299 g/mol. The number of amides is 3. The first-order valence-corrected chi connectivity index (χ1v) is 6.37. The van der Waals surface area contributed by atoms with Gasteiger partial charge in [0.25, 0.3) is 5.91 Å². The van der Waals surface area contributed by atoms with E-state index in [2.05, 4.69) is 5.32 Å². The van der Waals surface area contributed by atoms with Crippen LogP contribution in [-0.4, -0.2) is 17.0 Å². The Morgan fingerprint density at radius 2 is 2.15 bits per heavy atom. The molecule has 1 aliphatic rings. The molecule has 0 unspecified atom stereocenters. The fraction of sp³-hybridized carbons (Fsp3) is 0.231. The van der Waals surface area contributed by atoms with Crippen molar-refractivity contribution in [2.24, 2.45) is 0 Å². The Balaban J connectivity index is 2.41. The maximum atomic E-state index is 13.8. The molecular formula is C13H12ClFN2O3. The number of hydrogen-bond acceptors (Lipinski definition) is 3. The molecule has 106 valence electrons. The number of aromatic hydroxyl groups is 1. The van der Waals surface area contributed by atoms with Gasteiger partial charge in [0.15, 0.2) is 0 Å². The van der Waals surface area contributed by atoms with E-state index in [1.807, 2.05) is 6.92 Å². The van der Waals surface area contributed by atoms with Crippen molar-refractivity contribution in [3.8, 4) is 5.75 Å². The SMILES string of the molecule is CCCC=C1NC(=O)N(c2cc(O)c(Cl)cc2F)C1=O. The number of urea groups is 1. The van der Waals surface area contributed by atoms with Crippen molar-refractivity contribution in [2.45, 2.75) is 19.8 Å². The average Bonchev–Trinajstić information content (AvgIpc) is 2.67. The number of allylic oxidation sites excluding steroid dienone is 1. The normalized spacial score (nSPS) is 16.9. The van der Waals surface area contributed by atoms with Gasteiger partial charge in [-0.2, -0.15) is 0 Å². The number of unbranched alkanes of at least 4 members (excludes halogenated alkanes) is 1. The highest BCUT2D eigenvalue weighted by Gasteiger charge is 2.36. The van der Waals surface area contributed by atoms with Crippen LogP contribution in [-0.2, 0) is 4.79 Å². The topological polar surface area (TPSA) is 69.6 Å². The van der Waals surface area contributed by atoms with Crippen LogP contribution in [0, 0.1) is 5.82 Å². The lowest BCUT2D eigenvalue weighted by Crippen LogP contribution is -2.31. The predicted octanol–water partition coefficient (Wildman–Crippen LogP) is 2.92. The van der Waals surface area contributed by atoms with E-state index in [1.54, 1.807) is 6.08 Å². The molecule has 2 rings (SSSR count). The van der Waals surface area contributed by atoms with Crippen LogP contribution in [0.25, 0.3) is 0 Å². The van der Waals surface area contributed by atoms with Crippen molar-refractivity contribution in [2.75, 3.05) is 4.90 Å². The van der Waals surface area contributed by atoms with Gasteiger partial charge in [-0.05, 0) is 12.5 Å². The number of phenolic OH excluding ortho intramolecular Hbond substituents is 1. The molecule has 3 amide bonds. The molecule has 0 aliphatic carbocycles. The van der Waals surface area contributed by atoms with Gasteiger partial charge in [0, 0.05) is 6.07 Å². The summed E-state index contributed by atoms with van der Waals surface area (Å²) in [6.07, 6.45) is 3.00. The Bertz CT molecular complexity index is 616. The van der Waals surface area contributed by atoms with E-state index >= 15 is 0 Å². The summed E-state index contributed by atoms with van der Waals surface area (Å²) in [6.45, 7) is 1.92. The molecule has 7 heteroatoms. The number of nitrogens with one attached hydrogen (secondary N) is 1. The Morgan fingerprint density at radius 1 is 1.45 bits per heavy atom. The number of hydrogen-bond donors (Lipinski definition) is 2. The van der Waals surface area contributed by atoms with Crippen LogP contribution in [0.3, 0.4) is 0 Å². The lowest BCUT2D eigenvalue weighted by molar-refractivity contribution is -0.114. The molecule has 1 aromatic carbocycles. The summed E-state index contributed by atoms with van der Waals surface area (Å²) in [6, 6.07) is 1.02. The summed E-state index contributed by atoms with van der Waals surface area (Å²) < 4.78 is 13.8. The molecule has 1 aliphatic heterocycles. The first-order valence-electron chi connectivity index (χ1n) is 5.99. The molecule has 0 radical (unpaired) electrons. The summed E-state index contributed by atoms with van der Waals surface area (Å²) >= 11 is 5.56. The maximum Gasteiger partial charge on any atom is 0.333 e. The smallest absolute Gasteiger partial charge is 0.333 e. The molecule has 2 N–H and O–H groups in total. The third kappa shape index (κ3) is 2.46. The van der Waals surface area contributed by atoms with Crippen LogP contribution >= 0.6 is 11.6 Å². The Labute approximate surface area is 119 Å². The van der Waals surface area contributed by atoms with E-state index in [0.29, 0.717) is 11.3 Å². The fourth-order valence-electron chi connectivity index (χ4n) is 1.78. The van der Waals surface area contributed by atoms with Crippen LogP contribution in [0.2, 0.25) is 5.02 Å². The van der Waals surface area contributed by atoms with Crippen LogP contribution in [0.15, 0.2) is 23.9 Å². The monoisotopic (exact) mass is 298 g/mol. The number of phenols is 1. The van der Waals surface area contributed by atoms with Crippen LogP contribution < -0.4 is 10.2 Å². The molecule has 1 heterocycles. The summed E-state index contributed by atoms with van der Waals surface area (Å²) in [7, 11) is 0. The zero-order chi connectivity index (χ0) is 14.9. The molecule has 5 nitrogen and oxygen atoms in total. The number of rotatable bonds is 3. The van der Waals surface area contributed by atoms with Crippen molar-refractivity contribution in [3.05, 3.63) is 34.7 Å². The van der Waals surface area contributed by atoms with Crippen molar-refractivity contribution in [3.63, 3.8) is 0 Å². The molecule has 1 saturated heterocycles. The number of halogens is 2. The van der Waals surface area contributed by atoms with Gasteiger partial charge in [0.1, 0.15) is 17.3 Å². The van der Waals surface area contributed by atoms with Gasteiger partial charge in [-0.1, -0.05) is 31.0 Å². The number of benzene rings is 1. The highest BCUT2D eigenvalue weighted by molar-refractivity contribution is 6.32. The summed E-state index contributed by atoms with van der Waals surface area (Å²) in [5.74, 6) is -1.94. The van der Waals surface area contributed by atoms with Crippen LogP contribution in [0.4, 0.5) is 14.9 Å². The van der Waals surface area contributed by atoms with Gasteiger partial charge in [0.05, 0.1) is 10.7 Å². The molecule has 0 saturated carbocycles. The zero-order valence-electron chi connectivity index (χ0n) is 10.6. The van der Waals surface area contributed by atoms with E-state index < -0.39 is 23.5 Å². The minimum Gasteiger partial charge on any atom is -0.506 e. The number of carbonyl (C=O) groups excluding carboxylic acids is 2. The molecule has 0 aromatic heterocycles. The van der Waals surface area contributed by atoms with Gasteiger partial charge in [0.2, 0.25) is 0 Å². The van der Waals surface area contributed by atoms with Crippen molar-refractivity contribution in [1.82, 2.24) is 5.32 Å². The van der Waals surface area contributed by atoms with Gasteiger partial charge in [-0.3, -0.25) is 4.79 Å². The van der Waals surface area contributed by atoms with E-state index in [-0.39, 0.29) is 16.4 Å². The standard InChI is InChI=1S/C13H12ClFN2O3/c1-2-3-4-9-12(19)17(13(20)16-9)10-6-11(18)7(14)5-8(10)15/h4-6,18H,2-3H2,1H3,(H,16,20). The van der Waals surface area contributed by atoms with E-state index in [4.69, 9.17) is 11.6 Å². The lowest BCUT2D eigenvalue weighted by atomic mass is 10.2. The second-order valence-corrected chi connectivity index (χ2v) is 4.64. The number of imide groups is 1. The lowest BCUT2D eigenvalue weighted by Gasteiger charge is -2.13. The van der Waals surface area contributed by atoms with Gasteiger partial charge in [-0.15, -0.1) is 0 Å². The summed E-state index contributed by atoms with van der Waals surface area (Å²) in [4.78, 5) is 24.5. The van der Waals surface area contributed by atoms with Crippen LogP contribution in [0.1, 0.15) is 19.8 Å². The second-order valence-electron chi connectivity index (χ2n) is 4.23. The number of nitrogens with zero attached hydrogens (tertiary/aromatic N) is 1. The molecule has 0 bridgehead atoms. The highest BCUT2D eigenvalue weighted by atomic mass is 35.5. The van der Waals surface area contributed by atoms with Crippen molar-refractivity contribution in [1.29, 1.82) is 0 Å². The third-order valence-electron chi connectivity index (χ3n) is 2.77. The maximum absolute atomic E-state index is 13.8. The molecule has 0 atom stereocenters. The van der Waals surface area contributed by atoms with Crippen molar-refractivity contribution >= 4 is 29.2 Å². The number of carbonyl (C=O) groups is 2. The Kier molecular flexibility index (Phi) is 3.94. The fourth-order valence-corrected chi connectivity index (χ4v) is 1.93. The Hall–Kier alpha value is -2.08. The van der Waals surface area contributed by atoms with Gasteiger partial charge >= 0.3 is 6.03 Å². The Morgan fingerprint density at radius 3 is 2.80 bits per heavy atom. The summed E-state index contributed by atoms with van der Waals surface area (Å²) in [5, 5.41) is 11.7. The van der Waals surface area contributed by atoms with E-state index in [9.17, 15) is 19.1 Å². The van der Waals surface area contributed by atoms with Gasteiger partial charge < -0.3 is 10.4 Å². The zero-order valence-corrected chi connectivity index (χ0v) is 11.4. The quantitative estimate of drug-likeness (QED) is 0.666. The highest BCUT2D eigenvalue weighted by Crippen LogP contribution is 2.33. The largest absolute Gasteiger partial charge is 0.506 e. The molecule has 1 fully saturated rings.